The summed E-state index contributed by atoms with van der Waals surface area (Å²) >= 11 is 0. The number of carbonyl (C=O) groups is 2. The molecule has 0 saturated carbocycles. The zero-order valence-electron chi connectivity index (χ0n) is 57.7. The molecule has 0 atom stereocenters. The van der Waals surface area contributed by atoms with Crippen molar-refractivity contribution in [2.45, 2.75) is 46.7 Å². The first kappa shape index (κ1) is 67.2. The van der Waals surface area contributed by atoms with E-state index in [4.69, 9.17) is 0 Å². The lowest BCUT2D eigenvalue weighted by molar-refractivity contribution is 0.0752. The van der Waals surface area contributed by atoms with Gasteiger partial charge in [-0.3, -0.25) is 54.7 Å². The maximum atomic E-state index is 11.8. The van der Waals surface area contributed by atoms with Crippen LogP contribution in [-0.4, -0.2) is 153 Å². The predicted octanol–water partition coefficient (Wildman–Crippen LogP) is 8.81. The van der Waals surface area contributed by atoms with E-state index in [1.165, 1.54) is 41.5 Å². The minimum absolute atomic E-state index is 0. The van der Waals surface area contributed by atoms with Crippen LogP contribution in [0, 0.1) is 0 Å². The second-order valence-corrected chi connectivity index (χ2v) is 25.2. The number of anilines is 2. The van der Waals surface area contributed by atoms with E-state index < -0.39 is 0 Å². The van der Waals surface area contributed by atoms with E-state index in [-0.39, 0.29) is 24.8 Å². The Morgan fingerprint density at radius 3 is 1.47 bits per heavy atom. The third-order valence-corrected chi connectivity index (χ3v) is 18.7. The Labute approximate surface area is 590 Å². The number of nitrogens with two attached hydrogens (primary N) is 1. The Morgan fingerprint density at radius 1 is 0.340 bits per heavy atom. The van der Waals surface area contributed by atoms with Gasteiger partial charge in [0.1, 0.15) is 85.0 Å². The Balaban J connectivity index is 0.0000000993. The van der Waals surface area contributed by atoms with Gasteiger partial charge in [0.05, 0.1) is 97.5 Å². The van der Waals surface area contributed by atoms with Gasteiger partial charge in [0.25, 0.3) is 17.4 Å². The summed E-state index contributed by atoms with van der Waals surface area (Å²) in [5.74, 6) is 2.53. The van der Waals surface area contributed by atoms with Crippen LogP contribution in [0.1, 0.15) is 62.6 Å². The van der Waals surface area contributed by atoms with Crippen molar-refractivity contribution in [2.75, 3.05) is 52.1 Å². The molecule has 103 heavy (non-hydrogen) atoms. The Morgan fingerprint density at radius 2 is 0.786 bits per heavy atom. The standard InChI is InChI=1S/2C10H9N3O.C10H9N3.C10H11N3.C9H7N3O.2C9H9N3.C7H6N2.CH5N.CH4/c1-12-6-7-5-11-9-4-2-3-8(10(12)14)13(7)9;1-12-6-7-3-2-4-9-11-5-8(10(12)14)13(7)9;1-7-8-6-11-9-4-3-5-10(12(7)2)13(8)9;1-12-6-8-3-2-4-10-11-5-9(7-12)13(8)10;1-11-8-5-10-7-4-2-3-6(9(11)13)12(7)8;1-11-6-7-5-10-8-3-2-4-9(11)12(7)8;1-11-6-7-3-2-4-8-10-5-9(11)12(7)8;1-2-5-9-6-4-8-7(9)3-1;1-2;/h2*2-5H,6H2,1H3;3-6H,1H2,2H3;2-5H,6-7H2,1H3;2-5H,1H3;2*2-5H,6H2,1H3;1-6H;2H2,1H3;1H4. The average molecular weight is 1380 g/mol. The highest BCUT2D eigenvalue weighted by Crippen LogP contribution is 2.28. The maximum Gasteiger partial charge on any atom is 0.276 e. The molecule has 0 spiro atoms. The van der Waals surface area contributed by atoms with Gasteiger partial charge in [-0.25, -0.2) is 39.9 Å². The number of pyridine rings is 8. The molecular formula is C76H78N24O3. The van der Waals surface area contributed by atoms with Crippen molar-refractivity contribution in [3.05, 3.63) is 269 Å². The van der Waals surface area contributed by atoms with Gasteiger partial charge >= 0.3 is 0 Å². The Hall–Kier alpha value is -13.0. The highest BCUT2D eigenvalue weighted by Gasteiger charge is 2.26. The smallest absolute Gasteiger partial charge is 0.276 e. The molecule has 18 aromatic heterocycles. The molecule has 0 saturated heterocycles. The maximum absolute atomic E-state index is 11.8. The second kappa shape index (κ2) is 27.6. The van der Waals surface area contributed by atoms with Gasteiger partial charge in [-0.2, -0.15) is 0 Å². The zero-order chi connectivity index (χ0) is 70.6. The lowest BCUT2D eigenvalue weighted by atomic mass is 10.2. The molecule has 0 unspecified atom stereocenters. The van der Waals surface area contributed by atoms with E-state index in [2.05, 4.69) is 153 Å². The second-order valence-electron chi connectivity index (χ2n) is 25.2. The summed E-state index contributed by atoms with van der Waals surface area (Å²) in [7, 11) is 15.2. The topological polar surface area (TPSA) is 242 Å². The Kier molecular flexibility index (Phi) is 18.0. The molecule has 23 heterocycles. The molecule has 0 radical (unpaired) electrons. The van der Waals surface area contributed by atoms with Crippen LogP contribution in [0.25, 0.3) is 74.1 Å². The fraction of sp³-hybridized carbons (Fsp3) is 0.197. The van der Waals surface area contributed by atoms with Crippen molar-refractivity contribution in [2.24, 2.45) is 19.8 Å². The molecule has 5 aliphatic heterocycles. The molecule has 2 amide bonds. The van der Waals surface area contributed by atoms with Crippen LogP contribution in [-0.2, 0) is 53.4 Å². The van der Waals surface area contributed by atoms with Gasteiger partial charge in [0.2, 0.25) is 0 Å². The molecule has 0 aliphatic carbocycles. The van der Waals surface area contributed by atoms with Crippen molar-refractivity contribution < 1.29 is 9.59 Å². The number of carbonyl (C=O) groups excluding carboxylic acids is 2. The summed E-state index contributed by atoms with van der Waals surface area (Å²) in [5.41, 5.74) is 24.7. The number of rotatable bonds is 0. The first-order valence-corrected chi connectivity index (χ1v) is 33.1. The van der Waals surface area contributed by atoms with Crippen LogP contribution in [0.3, 0.4) is 0 Å². The summed E-state index contributed by atoms with van der Waals surface area (Å²) in [6.07, 6.45) is 18.6. The fourth-order valence-electron chi connectivity index (χ4n) is 13.8. The van der Waals surface area contributed by atoms with Crippen LogP contribution in [0.2, 0.25) is 0 Å². The number of nitrogens with zero attached hydrogens (tertiary/aromatic N) is 23. The highest BCUT2D eigenvalue weighted by atomic mass is 16.2. The van der Waals surface area contributed by atoms with Crippen molar-refractivity contribution in [3.63, 3.8) is 0 Å². The van der Waals surface area contributed by atoms with Gasteiger partial charge < -0.3 is 34.3 Å². The number of hydrogen-bond donors (Lipinski definition) is 1. The molecule has 23 rings (SSSR count). The van der Waals surface area contributed by atoms with Crippen LogP contribution >= 0.6 is 0 Å². The van der Waals surface area contributed by atoms with E-state index in [0.29, 0.717) is 30.0 Å². The molecular weight excluding hydrogens is 1300 g/mol. The van der Waals surface area contributed by atoms with Crippen molar-refractivity contribution in [3.8, 4) is 0 Å². The van der Waals surface area contributed by atoms with E-state index >= 15 is 0 Å². The van der Waals surface area contributed by atoms with Crippen molar-refractivity contribution in [1.82, 2.24) is 98.9 Å². The molecule has 0 fully saturated rings. The van der Waals surface area contributed by atoms with E-state index in [9.17, 15) is 14.4 Å². The molecule has 5 aliphatic rings. The molecule has 520 valence electrons. The number of hydrogen-bond acceptors (Lipinski definition) is 15. The summed E-state index contributed by atoms with van der Waals surface area (Å²) in [6.45, 7) is 9.28. The van der Waals surface area contributed by atoms with Crippen LogP contribution in [0.5, 0.6) is 0 Å². The third-order valence-electron chi connectivity index (χ3n) is 18.7. The lowest BCUT2D eigenvalue weighted by Gasteiger charge is -2.23. The van der Waals surface area contributed by atoms with Crippen LogP contribution in [0.15, 0.2) is 212 Å². The third kappa shape index (κ3) is 12.0. The summed E-state index contributed by atoms with van der Waals surface area (Å²) in [6, 6.07) is 47.7. The predicted molar refractivity (Wildman–Crippen MR) is 401 cm³/mol. The van der Waals surface area contributed by atoms with Gasteiger partial charge in [0, 0.05) is 91.0 Å². The normalized spacial score (nSPS) is 13.6. The van der Waals surface area contributed by atoms with Crippen LogP contribution in [0.4, 0.5) is 11.6 Å². The first-order chi connectivity index (χ1) is 49.6. The summed E-state index contributed by atoms with van der Waals surface area (Å²) < 4.78 is 20.1. The minimum Gasteiger partial charge on any atom is -0.355 e. The molecule has 0 aromatic carbocycles. The van der Waals surface area contributed by atoms with E-state index in [1.807, 2.05) is 171 Å². The summed E-state index contributed by atoms with van der Waals surface area (Å²) in [5, 5.41) is 1.01. The number of aromatic nitrogens is 18. The fourth-order valence-corrected chi connectivity index (χ4v) is 13.8. The average Bonchev–Trinajstić information content (AvgIpc) is 1.66. The van der Waals surface area contributed by atoms with Gasteiger partial charge in [-0.1, -0.05) is 62.5 Å². The molecule has 2 N–H and O–H groups in total. The van der Waals surface area contributed by atoms with Crippen molar-refractivity contribution >= 4 is 97.5 Å². The monoisotopic (exact) mass is 1370 g/mol. The van der Waals surface area contributed by atoms with Crippen molar-refractivity contribution in [1.29, 1.82) is 0 Å². The number of amides is 2. The van der Waals surface area contributed by atoms with Gasteiger partial charge in [-0.05, 0) is 111 Å². The Bertz CT molecular complexity index is 6170. The van der Waals surface area contributed by atoms with Gasteiger partial charge in [0.15, 0.2) is 0 Å². The number of aryl methyl sites for hydroxylation is 2. The molecule has 27 nitrogen and oxygen atoms in total. The minimum atomic E-state index is 0. The summed E-state index contributed by atoms with van der Waals surface area (Å²) in [4.78, 5) is 79.2. The quantitative estimate of drug-likeness (QED) is 0.149. The lowest BCUT2D eigenvalue weighted by Crippen LogP contribution is -2.32. The molecule has 27 heteroatoms. The SMILES string of the molecule is C.C=c1c2cnc3cccc(n1C)n32.CN.CN1Cc2cccc3ncc(n23)C1.CN1Cc2cccc3ncc(n23)C1=O.CN1Cc2cccc3ncc1n23.CN1Cc2cnc3cccc(n23)C1=O.CN1Cc2cnc3cccc1n23.Cn1c(=O)c2cccc3ncc1n32.c1ccn2ccnc2c1. The number of fused-ring (bicyclic) bond motifs is 1. The zero-order valence-corrected chi connectivity index (χ0v) is 57.7. The largest absolute Gasteiger partial charge is 0.355 e. The number of imidazole rings is 10. The van der Waals surface area contributed by atoms with E-state index in [0.717, 1.165) is 105 Å². The van der Waals surface area contributed by atoms with Crippen LogP contribution < -0.4 is 26.4 Å². The molecule has 18 aromatic rings. The van der Waals surface area contributed by atoms with Gasteiger partial charge in [-0.15, -0.1) is 0 Å². The first-order valence-electron chi connectivity index (χ1n) is 33.1. The highest BCUT2D eigenvalue weighted by molar-refractivity contribution is 5.95. The van der Waals surface area contributed by atoms with E-state index in [1.54, 1.807) is 54.1 Å². The molecule has 0 bridgehead atoms.